The van der Waals surface area contributed by atoms with Crippen molar-refractivity contribution >= 4 is 12.0 Å². The van der Waals surface area contributed by atoms with Gasteiger partial charge >= 0.3 is 12.0 Å². The van der Waals surface area contributed by atoms with Crippen molar-refractivity contribution in [3.63, 3.8) is 0 Å². The van der Waals surface area contributed by atoms with Gasteiger partial charge in [-0.3, -0.25) is 0 Å². The molecule has 0 radical (unpaired) electrons. The summed E-state index contributed by atoms with van der Waals surface area (Å²) in [7, 11) is 0. The molecular weight excluding hydrogens is 240 g/mol. The van der Waals surface area contributed by atoms with E-state index in [1.807, 2.05) is 6.92 Å². The van der Waals surface area contributed by atoms with Gasteiger partial charge in [0.1, 0.15) is 0 Å². The Morgan fingerprint density at radius 1 is 1.56 bits per heavy atom. The molecule has 1 heterocycles. The van der Waals surface area contributed by atoms with Gasteiger partial charge in [-0.15, -0.1) is 0 Å². The normalized spacial score (nSPS) is 20.4. The molecule has 0 bridgehead atoms. The quantitative estimate of drug-likeness (QED) is 0.606. The van der Waals surface area contributed by atoms with Crippen molar-refractivity contribution in [2.75, 3.05) is 26.3 Å². The van der Waals surface area contributed by atoms with Gasteiger partial charge in [0, 0.05) is 19.7 Å². The van der Waals surface area contributed by atoms with Crippen LogP contribution < -0.4 is 5.32 Å². The number of urea groups is 1. The maximum Gasteiger partial charge on any atom is 0.328 e. The zero-order chi connectivity index (χ0) is 13.5. The second kappa shape index (κ2) is 7.17. The number of carbonyl (C=O) groups excluding carboxylic acids is 1. The van der Waals surface area contributed by atoms with Gasteiger partial charge in [-0.05, 0) is 19.8 Å². The number of nitrogens with zero attached hydrogens (tertiary/aromatic N) is 1. The minimum absolute atomic E-state index is 0.0214. The first-order valence-electron chi connectivity index (χ1n) is 6.09. The highest BCUT2D eigenvalue weighted by molar-refractivity contribution is 5.82. The molecule has 0 aromatic carbocycles. The lowest BCUT2D eigenvalue weighted by molar-refractivity contribution is -0.140. The van der Waals surface area contributed by atoms with E-state index in [0.29, 0.717) is 19.7 Å². The van der Waals surface area contributed by atoms with Gasteiger partial charge in [0.15, 0.2) is 6.04 Å². The van der Waals surface area contributed by atoms with E-state index in [-0.39, 0.29) is 6.10 Å². The molecule has 3 N–H and O–H groups in total. The summed E-state index contributed by atoms with van der Waals surface area (Å²) in [5, 5.41) is 19.9. The minimum Gasteiger partial charge on any atom is -0.480 e. The minimum atomic E-state index is -1.27. The molecule has 2 amide bonds. The monoisotopic (exact) mass is 260 g/mol. The standard InChI is InChI=1S/C11H20N2O5/c1-2-13(6-8-4-3-5-18-8)11(17)12-9(7-14)10(15)16/h8-9,14H,2-7H2,1H3,(H,12,17)(H,15,16). The smallest absolute Gasteiger partial charge is 0.328 e. The number of hydrogen-bond donors (Lipinski definition) is 3. The summed E-state index contributed by atoms with van der Waals surface area (Å²) in [6.45, 7) is 2.80. The molecule has 104 valence electrons. The summed E-state index contributed by atoms with van der Waals surface area (Å²) in [6, 6.07) is -1.76. The third-order valence-electron chi connectivity index (χ3n) is 2.90. The lowest BCUT2D eigenvalue weighted by Crippen LogP contribution is -2.51. The molecule has 7 nitrogen and oxygen atoms in total. The third kappa shape index (κ3) is 4.15. The maximum absolute atomic E-state index is 11.8. The van der Waals surface area contributed by atoms with Crippen LogP contribution in [0.15, 0.2) is 0 Å². The third-order valence-corrected chi connectivity index (χ3v) is 2.90. The summed E-state index contributed by atoms with van der Waals surface area (Å²) < 4.78 is 5.43. The van der Waals surface area contributed by atoms with Gasteiger partial charge in [-0.2, -0.15) is 0 Å². The van der Waals surface area contributed by atoms with Crippen molar-refractivity contribution in [2.45, 2.75) is 31.9 Å². The van der Waals surface area contributed by atoms with Crippen LogP contribution in [0, 0.1) is 0 Å². The van der Waals surface area contributed by atoms with E-state index in [9.17, 15) is 9.59 Å². The maximum atomic E-state index is 11.8. The second-order valence-corrected chi connectivity index (χ2v) is 4.20. The van der Waals surface area contributed by atoms with Gasteiger partial charge in [0.2, 0.25) is 0 Å². The highest BCUT2D eigenvalue weighted by Crippen LogP contribution is 2.13. The predicted molar refractivity (Wildman–Crippen MR) is 63.3 cm³/mol. The lowest BCUT2D eigenvalue weighted by Gasteiger charge is -2.25. The summed E-state index contributed by atoms with van der Waals surface area (Å²) in [6.07, 6.45) is 1.91. The number of aliphatic hydroxyl groups is 1. The fourth-order valence-electron chi connectivity index (χ4n) is 1.82. The fourth-order valence-corrected chi connectivity index (χ4v) is 1.82. The van der Waals surface area contributed by atoms with Gasteiger partial charge in [-0.1, -0.05) is 0 Å². The van der Waals surface area contributed by atoms with Crippen molar-refractivity contribution in [3.05, 3.63) is 0 Å². The Labute approximate surface area is 106 Å². The number of carboxylic acids is 1. The van der Waals surface area contributed by atoms with E-state index in [4.69, 9.17) is 14.9 Å². The SMILES string of the molecule is CCN(CC1CCCO1)C(=O)NC(CO)C(=O)O. The number of likely N-dealkylation sites (N-methyl/N-ethyl adjacent to an activating group) is 1. The number of aliphatic hydroxyl groups excluding tert-OH is 1. The topological polar surface area (TPSA) is 99.1 Å². The predicted octanol–water partition coefficient (Wildman–Crippen LogP) is -0.358. The van der Waals surface area contributed by atoms with Crippen LogP contribution in [0.25, 0.3) is 0 Å². The first-order valence-corrected chi connectivity index (χ1v) is 6.09. The Morgan fingerprint density at radius 2 is 2.28 bits per heavy atom. The number of hydrogen-bond acceptors (Lipinski definition) is 4. The molecular formula is C11H20N2O5. The number of rotatable bonds is 6. The van der Waals surface area contributed by atoms with Gasteiger partial charge < -0.3 is 25.2 Å². The molecule has 0 saturated carbocycles. The molecule has 1 aliphatic heterocycles. The van der Waals surface area contributed by atoms with Crippen LogP contribution in [0.1, 0.15) is 19.8 Å². The summed E-state index contributed by atoms with van der Waals surface area (Å²) >= 11 is 0. The van der Waals surface area contributed by atoms with Crippen LogP contribution in [-0.2, 0) is 9.53 Å². The average molecular weight is 260 g/mol. The van der Waals surface area contributed by atoms with Crippen LogP contribution in [0.4, 0.5) is 4.79 Å². The Bertz CT molecular complexity index is 291. The van der Waals surface area contributed by atoms with E-state index >= 15 is 0 Å². The number of aliphatic carboxylic acids is 1. The zero-order valence-corrected chi connectivity index (χ0v) is 10.5. The molecule has 1 saturated heterocycles. The molecule has 2 unspecified atom stereocenters. The van der Waals surface area contributed by atoms with Crippen LogP contribution in [0.5, 0.6) is 0 Å². The Balaban J connectivity index is 2.47. The first kappa shape index (κ1) is 14.7. The molecule has 18 heavy (non-hydrogen) atoms. The Morgan fingerprint density at radius 3 is 2.72 bits per heavy atom. The molecule has 7 heteroatoms. The summed E-state index contributed by atoms with van der Waals surface area (Å²) in [5.74, 6) is -1.25. The largest absolute Gasteiger partial charge is 0.480 e. The number of amides is 2. The number of carbonyl (C=O) groups is 2. The van der Waals surface area contributed by atoms with Crippen LogP contribution >= 0.6 is 0 Å². The molecule has 1 rings (SSSR count). The van der Waals surface area contributed by atoms with Crippen molar-refractivity contribution in [2.24, 2.45) is 0 Å². The lowest BCUT2D eigenvalue weighted by atomic mass is 10.2. The van der Waals surface area contributed by atoms with Crippen molar-refractivity contribution < 1.29 is 24.5 Å². The van der Waals surface area contributed by atoms with Gasteiger partial charge in [0.05, 0.1) is 12.7 Å². The van der Waals surface area contributed by atoms with Crippen molar-refractivity contribution in [1.82, 2.24) is 10.2 Å². The molecule has 2 atom stereocenters. The van der Waals surface area contributed by atoms with E-state index in [2.05, 4.69) is 5.32 Å². The van der Waals surface area contributed by atoms with Crippen LogP contribution in [0.2, 0.25) is 0 Å². The van der Waals surface area contributed by atoms with E-state index < -0.39 is 24.6 Å². The van der Waals surface area contributed by atoms with Gasteiger partial charge in [-0.25, -0.2) is 9.59 Å². The van der Waals surface area contributed by atoms with E-state index in [0.717, 1.165) is 12.8 Å². The van der Waals surface area contributed by atoms with E-state index in [1.165, 1.54) is 4.90 Å². The molecule has 1 fully saturated rings. The Hall–Kier alpha value is -1.34. The Kier molecular flexibility index (Phi) is 5.87. The molecule has 0 aromatic rings. The summed E-state index contributed by atoms with van der Waals surface area (Å²) in [5.41, 5.74) is 0. The summed E-state index contributed by atoms with van der Waals surface area (Å²) in [4.78, 5) is 24.0. The molecule has 1 aliphatic rings. The van der Waals surface area contributed by atoms with Crippen molar-refractivity contribution in [3.8, 4) is 0 Å². The van der Waals surface area contributed by atoms with E-state index in [1.54, 1.807) is 0 Å². The number of nitrogens with one attached hydrogen (secondary N) is 1. The van der Waals surface area contributed by atoms with Gasteiger partial charge in [0.25, 0.3) is 0 Å². The first-order chi connectivity index (χ1) is 8.58. The van der Waals surface area contributed by atoms with Crippen LogP contribution in [-0.4, -0.2) is 65.6 Å². The number of carboxylic acid groups (broad SMARTS) is 1. The van der Waals surface area contributed by atoms with Crippen molar-refractivity contribution in [1.29, 1.82) is 0 Å². The molecule has 0 aliphatic carbocycles. The average Bonchev–Trinajstić information content (AvgIpc) is 2.85. The number of ether oxygens (including phenoxy) is 1. The highest BCUT2D eigenvalue weighted by atomic mass is 16.5. The van der Waals surface area contributed by atoms with Crippen LogP contribution in [0.3, 0.4) is 0 Å². The molecule has 0 spiro atoms. The second-order valence-electron chi connectivity index (χ2n) is 4.20. The highest BCUT2D eigenvalue weighted by Gasteiger charge is 2.25. The zero-order valence-electron chi connectivity index (χ0n) is 10.5. The fraction of sp³-hybridized carbons (Fsp3) is 0.818. The molecule has 0 aromatic heterocycles.